The second-order valence-corrected chi connectivity index (χ2v) is 4.35. The molecule has 0 fully saturated rings. The number of halogens is 1. The third-order valence-electron chi connectivity index (χ3n) is 3.05. The Hall–Kier alpha value is -1.98. The molecule has 0 aliphatic carbocycles. The van der Waals surface area contributed by atoms with E-state index in [1.165, 1.54) is 0 Å². The van der Waals surface area contributed by atoms with Gasteiger partial charge in [0.1, 0.15) is 11.6 Å². The summed E-state index contributed by atoms with van der Waals surface area (Å²) in [6.07, 6.45) is 0. The van der Waals surface area contributed by atoms with Crippen molar-refractivity contribution in [2.45, 2.75) is 13.5 Å². The molecule has 0 spiro atoms. The van der Waals surface area contributed by atoms with Gasteiger partial charge in [-0.15, -0.1) is 12.4 Å². The van der Waals surface area contributed by atoms with Crippen LogP contribution in [0.1, 0.15) is 11.1 Å². The summed E-state index contributed by atoms with van der Waals surface area (Å²) in [5, 5.41) is 3.27. The van der Waals surface area contributed by atoms with Gasteiger partial charge in [0, 0.05) is 18.2 Å². The van der Waals surface area contributed by atoms with E-state index in [0.29, 0.717) is 12.4 Å². The predicted octanol–water partition coefficient (Wildman–Crippen LogP) is 3.03. The van der Waals surface area contributed by atoms with Crippen molar-refractivity contribution in [1.29, 1.82) is 0 Å². The Labute approximate surface area is 130 Å². The van der Waals surface area contributed by atoms with E-state index >= 15 is 0 Å². The van der Waals surface area contributed by atoms with Crippen LogP contribution in [0.5, 0.6) is 11.6 Å². The minimum atomic E-state index is 0. The summed E-state index contributed by atoms with van der Waals surface area (Å²) in [5.74, 6) is 2.03. The van der Waals surface area contributed by atoms with Crippen molar-refractivity contribution < 1.29 is 9.47 Å². The summed E-state index contributed by atoms with van der Waals surface area (Å²) < 4.78 is 10.6. The number of ether oxygens (including phenoxy) is 2. The maximum Gasteiger partial charge on any atom is 0.214 e. The molecule has 0 aliphatic heterocycles. The van der Waals surface area contributed by atoms with Crippen LogP contribution in [0.2, 0.25) is 0 Å². The lowest BCUT2D eigenvalue weighted by atomic mass is 10.1. The number of nitrogens with one attached hydrogen (secondary N) is 1. The molecule has 0 atom stereocenters. The summed E-state index contributed by atoms with van der Waals surface area (Å²) in [5.41, 5.74) is 8.52. The molecule has 0 unspecified atom stereocenters. The maximum absolute atomic E-state index is 5.72. The van der Waals surface area contributed by atoms with Crippen LogP contribution >= 0.6 is 12.4 Å². The van der Waals surface area contributed by atoms with Gasteiger partial charge in [-0.25, -0.2) is 0 Å². The van der Waals surface area contributed by atoms with E-state index < -0.39 is 0 Å². The molecule has 6 heteroatoms. The summed E-state index contributed by atoms with van der Waals surface area (Å²) >= 11 is 0. The van der Waals surface area contributed by atoms with Crippen LogP contribution in [0.15, 0.2) is 30.3 Å². The first-order valence-electron chi connectivity index (χ1n) is 6.34. The molecule has 5 nitrogen and oxygen atoms in total. The van der Waals surface area contributed by atoms with E-state index in [0.717, 1.165) is 28.4 Å². The number of rotatable bonds is 5. The number of hydrogen-bond acceptors (Lipinski definition) is 5. The molecule has 1 aromatic carbocycles. The Kier molecular flexibility index (Phi) is 6.27. The van der Waals surface area contributed by atoms with Gasteiger partial charge in [-0.1, -0.05) is 18.2 Å². The zero-order valence-electron chi connectivity index (χ0n) is 12.3. The topological polar surface area (TPSA) is 69.4 Å². The Morgan fingerprint density at radius 2 is 1.90 bits per heavy atom. The number of nitrogens with two attached hydrogens (primary N) is 1. The highest BCUT2D eigenvalue weighted by Crippen LogP contribution is 2.31. The van der Waals surface area contributed by atoms with Crippen molar-refractivity contribution in [3.8, 4) is 11.6 Å². The third-order valence-corrected chi connectivity index (χ3v) is 3.05. The summed E-state index contributed by atoms with van der Waals surface area (Å²) in [6, 6.07) is 9.58. The molecule has 3 N–H and O–H groups in total. The van der Waals surface area contributed by atoms with Gasteiger partial charge in [-0.05, 0) is 18.6 Å². The van der Waals surface area contributed by atoms with Crippen LogP contribution in [0.4, 0.5) is 11.5 Å². The van der Waals surface area contributed by atoms with Gasteiger partial charge in [-0.2, -0.15) is 4.98 Å². The normalized spacial score (nSPS) is 9.71. The fourth-order valence-electron chi connectivity index (χ4n) is 1.96. The Balaban J connectivity index is 0.00000220. The number of benzene rings is 1. The Morgan fingerprint density at radius 3 is 2.52 bits per heavy atom. The first-order chi connectivity index (χ1) is 9.69. The minimum absolute atomic E-state index is 0. The highest BCUT2D eigenvalue weighted by atomic mass is 35.5. The van der Waals surface area contributed by atoms with Crippen molar-refractivity contribution in [1.82, 2.24) is 4.98 Å². The Bertz CT molecular complexity index is 605. The van der Waals surface area contributed by atoms with E-state index in [1.807, 2.05) is 37.3 Å². The van der Waals surface area contributed by atoms with Gasteiger partial charge >= 0.3 is 0 Å². The molecule has 0 amide bonds. The molecular formula is C15H20ClN3O2. The van der Waals surface area contributed by atoms with Crippen molar-refractivity contribution in [3.63, 3.8) is 0 Å². The van der Waals surface area contributed by atoms with Crippen molar-refractivity contribution >= 4 is 23.9 Å². The molecule has 21 heavy (non-hydrogen) atoms. The van der Waals surface area contributed by atoms with Crippen LogP contribution in [0, 0.1) is 6.92 Å². The van der Waals surface area contributed by atoms with Gasteiger partial charge in [0.25, 0.3) is 0 Å². The lowest BCUT2D eigenvalue weighted by Crippen LogP contribution is -2.04. The van der Waals surface area contributed by atoms with Crippen molar-refractivity contribution in [2.75, 3.05) is 19.5 Å². The minimum Gasteiger partial charge on any atom is -0.494 e. The number of aryl methyl sites for hydroxylation is 1. The molecule has 2 aromatic rings. The first-order valence-corrected chi connectivity index (χ1v) is 6.34. The number of aromatic nitrogens is 1. The molecule has 2 rings (SSSR count). The van der Waals surface area contributed by atoms with E-state index in [-0.39, 0.29) is 12.4 Å². The summed E-state index contributed by atoms with van der Waals surface area (Å²) in [6.45, 7) is 2.40. The van der Waals surface area contributed by atoms with Crippen LogP contribution in [0.25, 0.3) is 0 Å². The number of hydrogen-bond donors (Lipinski definition) is 2. The number of para-hydroxylation sites is 1. The zero-order chi connectivity index (χ0) is 14.5. The number of anilines is 2. The molecule has 0 saturated heterocycles. The zero-order valence-corrected chi connectivity index (χ0v) is 13.2. The van der Waals surface area contributed by atoms with E-state index in [9.17, 15) is 0 Å². The molecule has 0 bridgehead atoms. The van der Waals surface area contributed by atoms with E-state index in [4.69, 9.17) is 15.2 Å². The Morgan fingerprint density at radius 1 is 1.14 bits per heavy atom. The maximum atomic E-state index is 5.72. The molecule has 114 valence electrons. The number of pyridine rings is 1. The summed E-state index contributed by atoms with van der Waals surface area (Å²) in [4.78, 5) is 4.40. The molecule has 1 aromatic heterocycles. The average Bonchev–Trinajstić information content (AvgIpc) is 2.49. The third kappa shape index (κ3) is 3.77. The van der Waals surface area contributed by atoms with E-state index in [1.54, 1.807) is 14.2 Å². The van der Waals surface area contributed by atoms with Crippen LogP contribution in [-0.2, 0) is 6.54 Å². The van der Waals surface area contributed by atoms with E-state index in [2.05, 4.69) is 10.3 Å². The van der Waals surface area contributed by atoms with Crippen LogP contribution in [0.3, 0.4) is 0 Å². The first kappa shape index (κ1) is 17.1. The second kappa shape index (κ2) is 7.71. The number of nitrogens with zero attached hydrogens (tertiary/aromatic N) is 1. The molecular weight excluding hydrogens is 290 g/mol. The average molecular weight is 310 g/mol. The number of methoxy groups -OCH3 is 2. The highest BCUT2D eigenvalue weighted by Gasteiger charge is 2.10. The predicted molar refractivity (Wildman–Crippen MR) is 86.9 cm³/mol. The molecule has 0 aliphatic rings. The molecule has 1 heterocycles. The van der Waals surface area contributed by atoms with Gasteiger partial charge in [-0.3, -0.25) is 0 Å². The van der Waals surface area contributed by atoms with Gasteiger partial charge in [0.05, 0.1) is 19.9 Å². The van der Waals surface area contributed by atoms with Crippen molar-refractivity contribution in [3.05, 3.63) is 41.5 Å². The second-order valence-electron chi connectivity index (χ2n) is 4.35. The smallest absolute Gasteiger partial charge is 0.214 e. The largest absolute Gasteiger partial charge is 0.494 e. The SMILES string of the molecule is COc1ccc(C)c(Nc2cccc(CN)c2OC)n1.Cl. The quantitative estimate of drug-likeness (QED) is 0.888. The van der Waals surface area contributed by atoms with Gasteiger partial charge < -0.3 is 20.5 Å². The van der Waals surface area contributed by atoms with Crippen LogP contribution < -0.4 is 20.5 Å². The molecule has 0 radical (unpaired) electrons. The lowest BCUT2D eigenvalue weighted by Gasteiger charge is -2.15. The van der Waals surface area contributed by atoms with Gasteiger partial charge in [0.2, 0.25) is 5.88 Å². The fourth-order valence-corrected chi connectivity index (χ4v) is 1.96. The summed E-state index contributed by atoms with van der Waals surface area (Å²) in [7, 11) is 3.22. The fraction of sp³-hybridized carbons (Fsp3) is 0.267. The standard InChI is InChI=1S/C15H19N3O2.ClH/c1-10-7-8-13(19-2)18-15(10)17-12-6-4-5-11(9-16)14(12)20-3;/h4-8H,9,16H2,1-3H3,(H,17,18);1H. The lowest BCUT2D eigenvalue weighted by molar-refractivity contribution is 0.398. The highest BCUT2D eigenvalue weighted by molar-refractivity contribution is 5.85. The van der Waals surface area contributed by atoms with Gasteiger partial charge in [0.15, 0.2) is 0 Å². The monoisotopic (exact) mass is 309 g/mol. The van der Waals surface area contributed by atoms with Crippen molar-refractivity contribution in [2.24, 2.45) is 5.73 Å². The van der Waals surface area contributed by atoms with Crippen LogP contribution in [-0.4, -0.2) is 19.2 Å². The molecule has 0 saturated carbocycles.